The van der Waals surface area contributed by atoms with Crippen LogP contribution in [0.1, 0.15) is 50.7 Å². The van der Waals surface area contributed by atoms with Crippen molar-refractivity contribution in [2.24, 2.45) is 5.41 Å². The highest BCUT2D eigenvalue weighted by molar-refractivity contribution is 5.94. The summed E-state index contributed by atoms with van der Waals surface area (Å²) in [6.45, 7) is 5.73. The van der Waals surface area contributed by atoms with Gasteiger partial charge in [0.15, 0.2) is 0 Å². The Morgan fingerprint density at radius 3 is 2.56 bits per heavy atom. The maximum atomic E-state index is 12.1. The molecule has 0 amide bonds. The van der Waals surface area contributed by atoms with Gasteiger partial charge in [0.05, 0.1) is 0 Å². The lowest BCUT2D eigenvalue weighted by molar-refractivity contribution is -0.130. The van der Waals surface area contributed by atoms with E-state index in [2.05, 4.69) is 6.07 Å². The van der Waals surface area contributed by atoms with Gasteiger partial charge in [0.1, 0.15) is 11.6 Å². The van der Waals surface area contributed by atoms with Crippen molar-refractivity contribution in [2.75, 3.05) is 0 Å². The largest absolute Gasteiger partial charge is 0.299 e. The smallest absolute Gasteiger partial charge is 0.141 e. The Morgan fingerprint density at radius 1 is 1.22 bits per heavy atom. The van der Waals surface area contributed by atoms with Crippen molar-refractivity contribution in [3.05, 3.63) is 35.4 Å². The predicted octanol–water partition coefficient (Wildman–Crippen LogP) is 3.29. The van der Waals surface area contributed by atoms with Crippen molar-refractivity contribution in [2.45, 2.75) is 46.0 Å². The molecule has 96 valence electrons. The van der Waals surface area contributed by atoms with Gasteiger partial charge in [-0.15, -0.1) is 0 Å². The Kier molecular flexibility index (Phi) is 3.38. The highest BCUT2D eigenvalue weighted by Gasteiger charge is 2.32. The first kappa shape index (κ1) is 13.0. The quantitative estimate of drug-likeness (QED) is 0.800. The summed E-state index contributed by atoms with van der Waals surface area (Å²) >= 11 is 0. The molecule has 0 saturated carbocycles. The molecule has 0 aliphatic heterocycles. The van der Waals surface area contributed by atoms with Gasteiger partial charge in [-0.1, -0.05) is 45.0 Å². The average Bonchev–Trinajstić information content (AvgIpc) is 2.31. The van der Waals surface area contributed by atoms with E-state index < -0.39 is 0 Å². The number of fused-ring (bicyclic) bond motifs is 1. The van der Waals surface area contributed by atoms with Crippen LogP contribution in [0.3, 0.4) is 0 Å². The maximum absolute atomic E-state index is 12.1. The fraction of sp³-hybridized carbons (Fsp3) is 0.500. The van der Waals surface area contributed by atoms with Crippen LogP contribution in [0.25, 0.3) is 0 Å². The van der Waals surface area contributed by atoms with Crippen LogP contribution in [-0.4, -0.2) is 11.6 Å². The van der Waals surface area contributed by atoms with Gasteiger partial charge in [-0.25, -0.2) is 0 Å². The molecule has 0 bridgehead atoms. The average molecular weight is 244 g/mol. The minimum absolute atomic E-state index is 0.164. The van der Waals surface area contributed by atoms with Gasteiger partial charge in [-0.05, 0) is 17.5 Å². The number of hydrogen-bond acceptors (Lipinski definition) is 2. The second-order valence-electron chi connectivity index (χ2n) is 6.10. The van der Waals surface area contributed by atoms with Crippen LogP contribution in [0.5, 0.6) is 0 Å². The van der Waals surface area contributed by atoms with E-state index in [0.717, 1.165) is 12.0 Å². The number of aryl methyl sites for hydroxylation is 1. The molecule has 0 spiro atoms. The van der Waals surface area contributed by atoms with E-state index in [1.807, 2.05) is 39.0 Å². The van der Waals surface area contributed by atoms with Gasteiger partial charge in [-0.3, -0.25) is 9.59 Å². The van der Waals surface area contributed by atoms with Crippen molar-refractivity contribution in [3.63, 3.8) is 0 Å². The number of hydrogen-bond donors (Lipinski definition) is 0. The van der Waals surface area contributed by atoms with Gasteiger partial charge >= 0.3 is 0 Å². The maximum Gasteiger partial charge on any atom is 0.141 e. The SMILES string of the molecule is CC(C)(C)C(=O)C[C@@H]1C(=O)CCc2ccccc21. The van der Waals surface area contributed by atoms with E-state index >= 15 is 0 Å². The lowest BCUT2D eigenvalue weighted by Gasteiger charge is -2.26. The summed E-state index contributed by atoms with van der Waals surface area (Å²) < 4.78 is 0. The summed E-state index contributed by atoms with van der Waals surface area (Å²) in [4.78, 5) is 24.2. The first-order chi connectivity index (χ1) is 8.39. The predicted molar refractivity (Wildman–Crippen MR) is 71.6 cm³/mol. The number of carbonyl (C=O) groups is 2. The summed E-state index contributed by atoms with van der Waals surface area (Å²) in [5, 5.41) is 0. The molecular weight excluding hydrogens is 224 g/mol. The molecule has 1 atom stereocenters. The molecule has 0 aromatic heterocycles. The monoisotopic (exact) mass is 244 g/mol. The molecule has 0 radical (unpaired) electrons. The van der Waals surface area contributed by atoms with Crippen molar-refractivity contribution >= 4 is 11.6 Å². The van der Waals surface area contributed by atoms with Crippen molar-refractivity contribution in [1.82, 2.24) is 0 Å². The third-order valence-electron chi connectivity index (χ3n) is 3.69. The summed E-state index contributed by atoms with van der Waals surface area (Å²) in [7, 11) is 0. The van der Waals surface area contributed by atoms with Crippen LogP contribution in [0, 0.1) is 5.41 Å². The number of ketones is 2. The molecule has 18 heavy (non-hydrogen) atoms. The minimum Gasteiger partial charge on any atom is -0.299 e. The van der Waals surface area contributed by atoms with Crippen LogP contribution in [0.4, 0.5) is 0 Å². The lowest BCUT2D eigenvalue weighted by atomic mass is 9.76. The first-order valence-corrected chi connectivity index (χ1v) is 6.53. The standard InChI is InChI=1S/C16H20O2/c1-16(2,3)15(18)10-13-12-7-5-4-6-11(12)8-9-14(13)17/h4-7,13H,8-10H2,1-3H3/t13-/m0/s1. The van der Waals surface area contributed by atoms with Crippen molar-refractivity contribution < 1.29 is 9.59 Å². The zero-order chi connectivity index (χ0) is 13.3. The molecule has 0 N–H and O–H groups in total. The first-order valence-electron chi connectivity index (χ1n) is 6.53. The Hall–Kier alpha value is -1.44. The second kappa shape index (κ2) is 4.68. The second-order valence-corrected chi connectivity index (χ2v) is 6.10. The lowest BCUT2D eigenvalue weighted by Crippen LogP contribution is -2.28. The van der Waals surface area contributed by atoms with Gasteiger partial charge < -0.3 is 0 Å². The Balaban J connectivity index is 2.28. The third kappa shape index (κ3) is 2.53. The topological polar surface area (TPSA) is 34.1 Å². The Morgan fingerprint density at radius 2 is 1.89 bits per heavy atom. The molecule has 1 aliphatic carbocycles. The fourth-order valence-corrected chi connectivity index (χ4v) is 2.42. The molecule has 1 aromatic carbocycles. The zero-order valence-corrected chi connectivity index (χ0v) is 11.3. The van der Waals surface area contributed by atoms with Crippen LogP contribution in [0.15, 0.2) is 24.3 Å². The van der Waals surface area contributed by atoms with E-state index in [4.69, 9.17) is 0 Å². The van der Waals surface area contributed by atoms with E-state index in [9.17, 15) is 9.59 Å². The van der Waals surface area contributed by atoms with Crippen LogP contribution >= 0.6 is 0 Å². The van der Waals surface area contributed by atoms with Crippen molar-refractivity contribution in [3.8, 4) is 0 Å². The summed E-state index contributed by atoms with van der Waals surface area (Å²) in [5.74, 6) is 0.158. The zero-order valence-electron chi connectivity index (χ0n) is 11.3. The Labute approximate surface area is 108 Å². The number of carbonyl (C=O) groups excluding carboxylic acids is 2. The number of rotatable bonds is 2. The molecule has 1 aliphatic rings. The summed E-state index contributed by atoms with van der Waals surface area (Å²) in [6, 6.07) is 8.01. The van der Waals surface area contributed by atoms with Crippen LogP contribution in [0.2, 0.25) is 0 Å². The molecule has 2 rings (SSSR count). The molecule has 0 unspecified atom stereocenters. The molecule has 0 heterocycles. The van der Waals surface area contributed by atoms with E-state index in [1.165, 1.54) is 5.56 Å². The summed E-state index contributed by atoms with van der Waals surface area (Å²) in [6.07, 6.45) is 1.73. The fourth-order valence-electron chi connectivity index (χ4n) is 2.42. The highest BCUT2D eigenvalue weighted by atomic mass is 16.1. The van der Waals surface area contributed by atoms with E-state index in [1.54, 1.807) is 0 Å². The van der Waals surface area contributed by atoms with Gasteiger partial charge in [-0.2, -0.15) is 0 Å². The molecule has 1 aromatic rings. The van der Waals surface area contributed by atoms with Gasteiger partial charge in [0.25, 0.3) is 0 Å². The molecule has 2 nitrogen and oxygen atoms in total. The molecule has 2 heteroatoms. The van der Waals surface area contributed by atoms with E-state index in [0.29, 0.717) is 12.8 Å². The Bertz CT molecular complexity index is 480. The van der Waals surface area contributed by atoms with Crippen LogP contribution < -0.4 is 0 Å². The molecule has 0 saturated heterocycles. The third-order valence-corrected chi connectivity index (χ3v) is 3.69. The van der Waals surface area contributed by atoms with Crippen molar-refractivity contribution in [1.29, 1.82) is 0 Å². The van der Waals surface area contributed by atoms with Gasteiger partial charge in [0, 0.05) is 24.2 Å². The number of Topliss-reactive ketones (excluding diaryl/α,β-unsaturated/α-hetero) is 2. The van der Waals surface area contributed by atoms with Crippen LogP contribution in [-0.2, 0) is 16.0 Å². The molecule has 0 fully saturated rings. The number of benzene rings is 1. The summed E-state index contributed by atoms with van der Waals surface area (Å²) in [5.41, 5.74) is 1.92. The normalized spacial score (nSPS) is 19.5. The minimum atomic E-state index is -0.368. The highest BCUT2D eigenvalue weighted by Crippen LogP contribution is 2.33. The molecular formula is C16H20O2. The van der Waals surface area contributed by atoms with E-state index in [-0.39, 0.29) is 22.9 Å². The van der Waals surface area contributed by atoms with Gasteiger partial charge in [0.2, 0.25) is 0 Å².